The van der Waals surface area contributed by atoms with Crippen LogP contribution in [0.3, 0.4) is 0 Å². The van der Waals surface area contributed by atoms with Crippen molar-refractivity contribution in [2.45, 2.75) is 44.9 Å². The summed E-state index contributed by atoms with van der Waals surface area (Å²) in [6.45, 7) is 3.51. The van der Waals surface area contributed by atoms with Crippen molar-refractivity contribution < 1.29 is 50.5 Å². The second-order valence-corrected chi connectivity index (χ2v) is 9.59. The van der Waals surface area contributed by atoms with Crippen LogP contribution in [0.25, 0.3) is 5.57 Å². The summed E-state index contributed by atoms with van der Waals surface area (Å²) >= 11 is 0. The minimum atomic E-state index is -5.03. The van der Waals surface area contributed by atoms with E-state index in [1.165, 1.54) is 24.3 Å². The third kappa shape index (κ3) is 7.12. The number of fused-ring (bicyclic) bond motifs is 1. The summed E-state index contributed by atoms with van der Waals surface area (Å²) in [5, 5.41) is 0. The molecule has 0 unspecified atom stereocenters. The molecule has 0 aliphatic carbocycles. The Morgan fingerprint density at radius 1 is 1.05 bits per heavy atom. The van der Waals surface area contributed by atoms with Crippen molar-refractivity contribution >= 4 is 29.1 Å². The molecule has 0 fully saturated rings. The number of esters is 2. The standard InChI is InChI=1S/C27H26F5NO6/c1-25(2,3)39-23(35)15-38-16-9-10-18(20(13-16)27(30,31)32)24(36)33-12-11-26(28,29)19(14-22(34)37-4)17-7-5-6-8-21(17)33/h5-10,13-14H,11-12,15H2,1-4H3. The van der Waals surface area contributed by atoms with Crippen molar-refractivity contribution in [3.63, 3.8) is 0 Å². The lowest BCUT2D eigenvalue weighted by Crippen LogP contribution is -2.34. The quantitative estimate of drug-likeness (QED) is 0.269. The van der Waals surface area contributed by atoms with Crippen molar-refractivity contribution in [3.8, 4) is 5.75 Å². The lowest BCUT2D eigenvalue weighted by Gasteiger charge is -2.24. The zero-order chi connectivity index (χ0) is 29.2. The van der Waals surface area contributed by atoms with Crippen LogP contribution in [0.5, 0.6) is 5.75 Å². The van der Waals surface area contributed by atoms with Crippen LogP contribution in [0.15, 0.2) is 48.5 Å². The van der Waals surface area contributed by atoms with Gasteiger partial charge in [0.05, 0.1) is 23.9 Å². The van der Waals surface area contributed by atoms with E-state index in [1.807, 2.05) is 0 Å². The normalized spacial score (nSPS) is 16.2. The van der Waals surface area contributed by atoms with Crippen LogP contribution in [0.1, 0.15) is 48.7 Å². The number of methoxy groups -OCH3 is 1. The maximum atomic E-state index is 15.1. The van der Waals surface area contributed by atoms with Gasteiger partial charge in [0.1, 0.15) is 11.4 Å². The van der Waals surface area contributed by atoms with E-state index in [0.717, 1.165) is 24.1 Å². The molecule has 2 aromatic rings. The maximum Gasteiger partial charge on any atom is 0.417 e. The summed E-state index contributed by atoms with van der Waals surface area (Å²) in [5.74, 6) is -7.00. The summed E-state index contributed by atoms with van der Waals surface area (Å²) in [7, 11) is 1.01. The van der Waals surface area contributed by atoms with E-state index in [4.69, 9.17) is 9.47 Å². The van der Waals surface area contributed by atoms with E-state index in [2.05, 4.69) is 4.74 Å². The number of hydrogen-bond acceptors (Lipinski definition) is 6. The van der Waals surface area contributed by atoms with E-state index >= 15 is 8.78 Å². The third-order valence-corrected chi connectivity index (χ3v) is 5.54. The Hall–Kier alpha value is -3.96. The van der Waals surface area contributed by atoms with Gasteiger partial charge in [0.2, 0.25) is 0 Å². The number of ether oxygens (including phenoxy) is 3. The predicted octanol–water partition coefficient (Wildman–Crippen LogP) is 5.67. The fraction of sp³-hybridized carbons (Fsp3) is 0.370. The van der Waals surface area contributed by atoms with Gasteiger partial charge in [-0.25, -0.2) is 18.4 Å². The van der Waals surface area contributed by atoms with Gasteiger partial charge in [-0.1, -0.05) is 18.2 Å². The Morgan fingerprint density at radius 2 is 1.72 bits per heavy atom. The Labute approximate surface area is 221 Å². The van der Waals surface area contributed by atoms with E-state index in [9.17, 15) is 27.6 Å². The molecule has 1 aliphatic rings. The predicted molar refractivity (Wildman–Crippen MR) is 130 cm³/mol. The molecule has 0 bridgehead atoms. The molecule has 210 valence electrons. The number of benzene rings is 2. The number of carbonyl (C=O) groups is 3. The summed E-state index contributed by atoms with van der Waals surface area (Å²) in [4.78, 5) is 38.0. The van der Waals surface area contributed by atoms with Gasteiger partial charge in [-0.2, -0.15) is 13.2 Å². The topological polar surface area (TPSA) is 82.1 Å². The van der Waals surface area contributed by atoms with Gasteiger partial charge in [0.15, 0.2) is 6.61 Å². The largest absolute Gasteiger partial charge is 0.482 e. The fourth-order valence-corrected chi connectivity index (χ4v) is 3.90. The number of amides is 1. The molecule has 3 rings (SSSR count). The van der Waals surface area contributed by atoms with Crippen LogP contribution in [0.2, 0.25) is 0 Å². The molecule has 0 saturated heterocycles. The van der Waals surface area contributed by atoms with E-state index in [-0.39, 0.29) is 17.0 Å². The average Bonchev–Trinajstić information content (AvgIpc) is 2.94. The summed E-state index contributed by atoms with van der Waals surface area (Å²) in [6.07, 6.45) is -5.39. The number of hydrogen-bond donors (Lipinski definition) is 0. The minimum absolute atomic E-state index is 0.104. The first-order chi connectivity index (χ1) is 18.0. The molecule has 1 amide bonds. The summed E-state index contributed by atoms with van der Waals surface area (Å²) in [6, 6.07) is 7.83. The maximum absolute atomic E-state index is 15.1. The molecule has 0 aromatic heterocycles. The van der Waals surface area contributed by atoms with E-state index < -0.39 is 71.8 Å². The van der Waals surface area contributed by atoms with Crippen molar-refractivity contribution in [2.75, 3.05) is 25.2 Å². The van der Waals surface area contributed by atoms with Gasteiger partial charge in [-0.3, -0.25) is 4.79 Å². The van der Waals surface area contributed by atoms with Gasteiger partial charge in [0.25, 0.3) is 11.8 Å². The van der Waals surface area contributed by atoms with E-state index in [0.29, 0.717) is 12.1 Å². The Bertz CT molecular complexity index is 1300. The SMILES string of the molecule is COC(=O)C=C1c2ccccc2N(C(=O)c2ccc(OCC(=O)OC(C)(C)C)cc2C(F)(F)F)CCC1(F)F. The molecule has 7 nitrogen and oxygen atoms in total. The van der Waals surface area contributed by atoms with Crippen molar-refractivity contribution in [3.05, 3.63) is 65.2 Å². The molecule has 1 heterocycles. The van der Waals surface area contributed by atoms with Crippen LogP contribution in [0.4, 0.5) is 27.6 Å². The number of carbonyl (C=O) groups excluding carboxylic acids is 3. The zero-order valence-corrected chi connectivity index (χ0v) is 21.5. The molecule has 1 aliphatic heterocycles. The van der Waals surface area contributed by atoms with Gasteiger partial charge >= 0.3 is 18.1 Å². The first-order valence-electron chi connectivity index (χ1n) is 11.7. The number of para-hydroxylation sites is 1. The van der Waals surface area contributed by atoms with Crippen LogP contribution in [-0.4, -0.2) is 49.6 Å². The highest BCUT2D eigenvalue weighted by Crippen LogP contribution is 2.44. The Balaban J connectivity index is 2.02. The van der Waals surface area contributed by atoms with Crippen LogP contribution in [0, 0.1) is 0 Å². The van der Waals surface area contributed by atoms with Gasteiger partial charge in [-0.15, -0.1) is 0 Å². The molecular formula is C27H26F5NO6. The zero-order valence-electron chi connectivity index (χ0n) is 21.5. The van der Waals surface area contributed by atoms with Crippen LogP contribution >= 0.6 is 0 Å². The first kappa shape index (κ1) is 29.6. The molecule has 39 heavy (non-hydrogen) atoms. The highest BCUT2D eigenvalue weighted by Gasteiger charge is 2.43. The lowest BCUT2D eigenvalue weighted by atomic mass is 9.97. The van der Waals surface area contributed by atoms with Crippen molar-refractivity contribution in [2.24, 2.45) is 0 Å². The number of halogens is 5. The van der Waals surface area contributed by atoms with Gasteiger partial charge in [0, 0.05) is 30.2 Å². The Kier molecular flexibility index (Phi) is 8.37. The summed E-state index contributed by atoms with van der Waals surface area (Å²) < 4.78 is 86.9. The third-order valence-electron chi connectivity index (χ3n) is 5.54. The lowest BCUT2D eigenvalue weighted by molar-refractivity contribution is -0.157. The van der Waals surface area contributed by atoms with E-state index in [1.54, 1.807) is 20.8 Å². The van der Waals surface area contributed by atoms with Gasteiger partial charge in [-0.05, 0) is 45.0 Å². The van der Waals surface area contributed by atoms with Crippen LogP contribution < -0.4 is 9.64 Å². The number of nitrogens with zero attached hydrogens (tertiary/aromatic N) is 1. The highest BCUT2D eigenvalue weighted by atomic mass is 19.4. The monoisotopic (exact) mass is 555 g/mol. The second kappa shape index (κ2) is 11.0. The number of allylic oxidation sites excluding steroid dienone is 1. The molecule has 0 N–H and O–H groups in total. The smallest absolute Gasteiger partial charge is 0.417 e. The molecular weight excluding hydrogens is 529 g/mol. The molecule has 0 spiro atoms. The summed E-state index contributed by atoms with van der Waals surface area (Å²) in [5.41, 5.74) is -4.06. The number of rotatable bonds is 5. The van der Waals surface area contributed by atoms with Gasteiger partial charge < -0.3 is 19.1 Å². The molecule has 2 aromatic carbocycles. The molecule has 0 radical (unpaired) electrons. The number of anilines is 1. The molecule has 0 atom stereocenters. The number of alkyl halides is 5. The Morgan fingerprint density at radius 3 is 2.33 bits per heavy atom. The molecule has 0 saturated carbocycles. The van der Waals surface area contributed by atoms with Crippen molar-refractivity contribution in [1.29, 1.82) is 0 Å². The fourth-order valence-electron chi connectivity index (χ4n) is 3.90. The van der Waals surface area contributed by atoms with Crippen molar-refractivity contribution in [1.82, 2.24) is 0 Å². The van der Waals surface area contributed by atoms with Crippen LogP contribution in [-0.2, 0) is 25.2 Å². The highest BCUT2D eigenvalue weighted by molar-refractivity contribution is 6.09. The first-order valence-corrected chi connectivity index (χ1v) is 11.7. The minimum Gasteiger partial charge on any atom is -0.482 e. The molecule has 12 heteroatoms. The average molecular weight is 555 g/mol. The second-order valence-electron chi connectivity index (χ2n) is 9.59.